The number of anilines is 1. The molecule has 1 aromatic heterocycles. The van der Waals surface area contributed by atoms with Gasteiger partial charge in [0.1, 0.15) is 5.82 Å². The number of halogens is 3. The van der Waals surface area contributed by atoms with Crippen LogP contribution in [-0.2, 0) is 10.1 Å². The highest BCUT2D eigenvalue weighted by atomic mass is 79.9. The molecule has 0 atom stereocenters. The number of methoxy groups -OCH3 is 1. The fourth-order valence-corrected chi connectivity index (χ4v) is 1.77. The number of pyridine rings is 1. The summed E-state index contributed by atoms with van der Waals surface area (Å²) >= 11 is 3.04. The van der Waals surface area contributed by atoms with Crippen molar-refractivity contribution in [2.75, 3.05) is 12.8 Å². The highest BCUT2D eigenvalue weighted by Gasteiger charge is 2.20. The summed E-state index contributed by atoms with van der Waals surface area (Å²) in [5.41, 5.74) is 5.13. The van der Waals surface area contributed by atoms with Crippen molar-refractivity contribution in [3.63, 3.8) is 0 Å². The van der Waals surface area contributed by atoms with Gasteiger partial charge in [0.05, 0.1) is 7.11 Å². The maximum Gasteiger partial charge on any atom is 0.356 e. The van der Waals surface area contributed by atoms with Crippen LogP contribution in [0.2, 0.25) is 0 Å². The van der Waals surface area contributed by atoms with Crippen LogP contribution in [0.5, 0.6) is 0 Å². The van der Waals surface area contributed by atoms with Crippen molar-refractivity contribution < 1.29 is 18.3 Å². The number of nitrogen functional groups attached to an aromatic ring is 1. The molecule has 7 heteroatoms. The molecule has 0 aliphatic rings. The maximum atomic E-state index is 12.7. The maximum absolute atomic E-state index is 12.7. The van der Waals surface area contributed by atoms with Crippen molar-refractivity contribution in [3.05, 3.63) is 22.9 Å². The number of hydrogen-bond acceptors (Lipinski definition) is 4. The Morgan fingerprint density at radius 1 is 1.69 bits per heavy atom. The van der Waals surface area contributed by atoms with E-state index >= 15 is 0 Å². The molecule has 4 nitrogen and oxygen atoms in total. The highest BCUT2D eigenvalue weighted by Crippen LogP contribution is 2.28. The molecular weight excluding hydrogens is 286 g/mol. The number of nitrogens with zero attached hydrogens (tertiary/aromatic N) is 1. The van der Waals surface area contributed by atoms with Crippen molar-refractivity contribution in [2.24, 2.45) is 0 Å². The molecule has 1 rings (SSSR count). The van der Waals surface area contributed by atoms with Crippen molar-refractivity contribution in [1.82, 2.24) is 4.98 Å². The lowest BCUT2D eigenvalue weighted by Gasteiger charge is -2.10. The monoisotopic (exact) mass is 294 g/mol. The molecule has 0 saturated heterocycles. The molecule has 0 aliphatic carbocycles. The molecule has 0 saturated carbocycles. The average molecular weight is 295 g/mol. The van der Waals surface area contributed by atoms with Crippen LogP contribution in [0.1, 0.15) is 28.0 Å². The molecule has 0 aliphatic heterocycles. The fourth-order valence-electron chi connectivity index (χ4n) is 1.16. The topological polar surface area (TPSA) is 65.2 Å². The first-order valence-electron chi connectivity index (χ1n) is 4.23. The summed E-state index contributed by atoms with van der Waals surface area (Å²) in [6.07, 6.45) is -2.72. The normalized spacial score (nSPS) is 10.6. The Morgan fingerprint density at radius 3 is 2.75 bits per heavy atom. The minimum Gasteiger partial charge on any atom is -0.464 e. The van der Waals surface area contributed by atoms with Crippen LogP contribution in [-0.4, -0.2) is 18.1 Å². The third kappa shape index (κ3) is 2.46. The van der Waals surface area contributed by atoms with Gasteiger partial charge in [-0.3, -0.25) is 0 Å². The van der Waals surface area contributed by atoms with E-state index in [1.54, 1.807) is 0 Å². The van der Waals surface area contributed by atoms with Gasteiger partial charge in [-0.15, -0.1) is 0 Å². The summed E-state index contributed by atoms with van der Waals surface area (Å²) in [6.45, 7) is 0. The first-order chi connectivity index (χ1) is 7.51. The van der Waals surface area contributed by atoms with E-state index in [2.05, 4.69) is 25.7 Å². The van der Waals surface area contributed by atoms with E-state index in [9.17, 15) is 13.6 Å². The molecule has 2 N–H and O–H groups in total. The van der Waals surface area contributed by atoms with Crippen LogP contribution in [0.3, 0.4) is 0 Å². The molecule has 0 aromatic carbocycles. The Hall–Kier alpha value is -1.24. The second kappa shape index (κ2) is 5.20. The smallest absolute Gasteiger partial charge is 0.356 e. The van der Waals surface area contributed by atoms with Gasteiger partial charge in [-0.25, -0.2) is 18.6 Å². The Morgan fingerprint density at radius 2 is 2.31 bits per heavy atom. The van der Waals surface area contributed by atoms with Gasteiger partial charge in [0, 0.05) is 16.5 Å². The van der Waals surface area contributed by atoms with Crippen molar-refractivity contribution in [1.29, 1.82) is 0 Å². The van der Waals surface area contributed by atoms with E-state index in [4.69, 9.17) is 5.73 Å². The number of hydrogen-bond donors (Lipinski definition) is 1. The number of nitrogens with two attached hydrogens (primary N) is 1. The molecule has 88 valence electrons. The van der Waals surface area contributed by atoms with Crippen LogP contribution in [0, 0.1) is 0 Å². The van der Waals surface area contributed by atoms with Gasteiger partial charge in [-0.2, -0.15) is 0 Å². The van der Waals surface area contributed by atoms with Crippen LogP contribution in [0.25, 0.3) is 0 Å². The van der Waals surface area contributed by atoms with Crippen LogP contribution < -0.4 is 5.73 Å². The fraction of sp³-hybridized carbons (Fsp3) is 0.333. The molecule has 0 unspecified atom stereocenters. The molecule has 0 amide bonds. The molecule has 0 spiro atoms. The first kappa shape index (κ1) is 12.8. The number of esters is 1. The predicted octanol–water partition coefficient (Wildman–Crippen LogP) is 2.28. The number of alkyl halides is 3. The largest absolute Gasteiger partial charge is 0.464 e. The number of aromatic nitrogens is 1. The standard InChI is InChI=1S/C9H9BrF2N2O2/c1-16-9(15)6-2-4(7(11)12)5(3-10)8(13)14-6/h2,7H,3H2,1H3,(H2,13,14). The van der Waals surface area contributed by atoms with E-state index in [1.165, 1.54) is 0 Å². The first-order valence-corrected chi connectivity index (χ1v) is 5.35. The zero-order valence-corrected chi connectivity index (χ0v) is 9.92. The van der Waals surface area contributed by atoms with E-state index in [0.717, 1.165) is 13.2 Å². The number of rotatable bonds is 3. The lowest BCUT2D eigenvalue weighted by atomic mass is 10.1. The minimum atomic E-state index is -2.72. The van der Waals surface area contributed by atoms with Crippen LogP contribution in [0.15, 0.2) is 6.07 Å². The zero-order valence-electron chi connectivity index (χ0n) is 8.34. The Labute approximate surface area is 98.9 Å². The van der Waals surface area contributed by atoms with Gasteiger partial charge in [0.2, 0.25) is 0 Å². The molecule has 1 aromatic rings. The minimum absolute atomic E-state index is 0.102. The molecular formula is C9H9BrF2N2O2. The molecule has 0 fully saturated rings. The Balaban J connectivity index is 3.33. The third-order valence-electron chi connectivity index (χ3n) is 1.95. The zero-order chi connectivity index (χ0) is 12.3. The van der Waals surface area contributed by atoms with Gasteiger partial charge in [0.15, 0.2) is 5.69 Å². The van der Waals surface area contributed by atoms with Crippen LogP contribution >= 0.6 is 15.9 Å². The van der Waals surface area contributed by atoms with Gasteiger partial charge < -0.3 is 10.5 Å². The average Bonchev–Trinajstić information content (AvgIpc) is 2.26. The predicted molar refractivity (Wildman–Crippen MR) is 57.6 cm³/mol. The number of carbonyl (C=O) groups excluding carboxylic acids is 1. The molecule has 16 heavy (non-hydrogen) atoms. The molecule has 0 bridgehead atoms. The summed E-state index contributed by atoms with van der Waals surface area (Å²) in [5.74, 6) is -0.898. The van der Waals surface area contributed by atoms with Crippen molar-refractivity contribution in [3.8, 4) is 0 Å². The van der Waals surface area contributed by atoms with Gasteiger partial charge in [0.25, 0.3) is 6.43 Å². The Kier molecular flexibility index (Phi) is 4.17. The summed E-state index contributed by atoms with van der Waals surface area (Å²) in [4.78, 5) is 14.8. The summed E-state index contributed by atoms with van der Waals surface area (Å²) in [7, 11) is 1.14. The van der Waals surface area contributed by atoms with Gasteiger partial charge in [-0.05, 0) is 6.07 Å². The quantitative estimate of drug-likeness (QED) is 0.686. The van der Waals surface area contributed by atoms with E-state index < -0.39 is 12.4 Å². The highest BCUT2D eigenvalue weighted by molar-refractivity contribution is 9.08. The second-order valence-electron chi connectivity index (χ2n) is 2.89. The Bertz CT molecular complexity index is 413. The summed E-state index contributed by atoms with van der Waals surface area (Å²) in [5, 5.41) is 0.146. The summed E-state index contributed by atoms with van der Waals surface area (Å²) in [6, 6.07) is 0.990. The van der Waals surface area contributed by atoms with Crippen molar-refractivity contribution >= 4 is 27.7 Å². The van der Waals surface area contributed by atoms with E-state index in [0.29, 0.717) is 0 Å². The van der Waals surface area contributed by atoms with Crippen LogP contribution in [0.4, 0.5) is 14.6 Å². The lowest BCUT2D eigenvalue weighted by Crippen LogP contribution is -2.10. The SMILES string of the molecule is COC(=O)c1cc(C(F)F)c(CBr)c(N)n1. The number of ether oxygens (including phenoxy) is 1. The molecule has 0 radical (unpaired) electrons. The lowest BCUT2D eigenvalue weighted by molar-refractivity contribution is 0.0593. The van der Waals surface area contributed by atoms with E-state index in [1.807, 2.05) is 0 Å². The summed E-state index contributed by atoms with van der Waals surface area (Å²) < 4.78 is 29.8. The van der Waals surface area contributed by atoms with Gasteiger partial charge in [-0.1, -0.05) is 15.9 Å². The van der Waals surface area contributed by atoms with Gasteiger partial charge >= 0.3 is 5.97 Å². The van der Waals surface area contributed by atoms with Crippen molar-refractivity contribution in [2.45, 2.75) is 11.8 Å². The third-order valence-corrected chi connectivity index (χ3v) is 2.51. The number of carbonyl (C=O) groups is 1. The van der Waals surface area contributed by atoms with E-state index in [-0.39, 0.29) is 28.0 Å². The second-order valence-corrected chi connectivity index (χ2v) is 3.45. The molecule has 1 heterocycles.